The van der Waals surface area contributed by atoms with Crippen LogP contribution in [0.5, 0.6) is 0 Å². The van der Waals surface area contributed by atoms with E-state index in [4.69, 9.17) is 27.9 Å². The molecule has 1 amide bonds. The standard InChI is InChI=1S/C16H16Cl2N4O5/c1-8-15(22(25)26)9(2)21(20-8)7-13(23)27-10(3)16(24)19-14-11(17)5-4-6-12(14)18/h4-6,10H,7H2,1-3H3,(H,19,24)/t10-/m0/s1. The summed E-state index contributed by atoms with van der Waals surface area (Å²) >= 11 is 12.0. The number of anilines is 1. The monoisotopic (exact) mass is 414 g/mol. The van der Waals surface area contributed by atoms with Gasteiger partial charge in [0.2, 0.25) is 0 Å². The van der Waals surface area contributed by atoms with Crippen LogP contribution >= 0.6 is 23.2 Å². The maximum absolute atomic E-state index is 12.2. The van der Waals surface area contributed by atoms with E-state index in [0.717, 1.165) is 4.68 Å². The quantitative estimate of drug-likeness (QED) is 0.440. The molecular weight excluding hydrogens is 399 g/mol. The van der Waals surface area contributed by atoms with Crippen molar-refractivity contribution in [2.24, 2.45) is 0 Å². The highest BCUT2D eigenvalue weighted by Crippen LogP contribution is 2.30. The van der Waals surface area contributed by atoms with Gasteiger partial charge in [-0.3, -0.25) is 24.4 Å². The molecule has 0 unspecified atom stereocenters. The first kappa shape index (κ1) is 20.7. The fourth-order valence-electron chi connectivity index (χ4n) is 2.36. The van der Waals surface area contributed by atoms with Crippen molar-refractivity contribution >= 4 is 46.5 Å². The van der Waals surface area contributed by atoms with Gasteiger partial charge in [0.05, 0.1) is 20.7 Å². The van der Waals surface area contributed by atoms with Gasteiger partial charge in [-0.25, -0.2) is 0 Å². The molecule has 0 aliphatic rings. The van der Waals surface area contributed by atoms with Crippen LogP contribution in [0.1, 0.15) is 18.3 Å². The SMILES string of the molecule is Cc1nn(CC(=O)O[C@@H](C)C(=O)Nc2c(Cl)cccc2Cl)c(C)c1[N+](=O)[O-]. The summed E-state index contributed by atoms with van der Waals surface area (Å²) in [7, 11) is 0. The van der Waals surface area contributed by atoms with E-state index in [0.29, 0.717) is 0 Å². The van der Waals surface area contributed by atoms with Gasteiger partial charge >= 0.3 is 11.7 Å². The number of hydrogen-bond donors (Lipinski definition) is 1. The Hall–Kier alpha value is -2.65. The van der Waals surface area contributed by atoms with Crippen molar-refractivity contribution in [3.05, 3.63) is 49.7 Å². The van der Waals surface area contributed by atoms with Gasteiger partial charge in [-0.2, -0.15) is 5.10 Å². The van der Waals surface area contributed by atoms with Crippen LogP contribution in [0.15, 0.2) is 18.2 Å². The highest BCUT2D eigenvalue weighted by Gasteiger charge is 2.25. The minimum absolute atomic E-state index is 0.165. The molecule has 1 atom stereocenters. The van der Waals surface area contributed by atoms with Crippen LogP contribution in [0.2, 0.25) is 10.0 Å². The topological polar surface area (TPSA) is 116 Å². The van der Waals surface area contributed by atoms with E-state index in [-0.39, 0.29) is 39.4 Å². The second-order valence-electron chi connectivity index (χ2n) is 5.65. The number of aromatic nitrogens is 2. The number of aryl methyl sites for hydroxylation is 1. The molecule has 0 fully saturated rings. The Morgan fingerprint density at radius 3 is 2.44 bits per heavy atom. The number of halogens is 2. The molecule has 0 saturated carbocycles. The predicted octanol–water partition coefficient (Wildman–Crippen LogP) is 3.29. The van der Waals surface area contributed by atoms with Crippen molar-refractivity contribution in [1.82, 2.24) is 9.78 Å². The molecule has 11 heteroatoms. The third-order valence-corrected chi connectivity index (χ3v) is 4.32. The number of nitrogens with one attached hydrogen (secondary N) is 1. The van der Waals surface area contributed by atoms with Crippen LogP contribution in [-0.4, -0.2) is 32.7 Å². The number of rotatable bonds is 6. The van der Waals surface area contributed by atoms with E-state index >= 15 is 0 Å². The minimum atomic E-state index is -1.14. The van der Waals surface area contributed by atoms with Crippen molar-refractivity contribution in [1.29, 1.82) is 0 Å². The lowest BCUT2D eigenvalue weighted by Crippen LogP contribution is -2.31. The summed E-state index contributed by atoms with van der Waals surface area (Å²) in [4.78, 5) is 34.7. The molecule has 27 heavy (non-hydrogen) atoms. The first-order valence-electron chi connectivity index (χ1n) is 7.74. The number of carbonyl (C=O) groups is 2. The third kappa shape index (κ3) is 4.75. The highest BCUT2D eigenvalue weighted by molar-refractivity contribution is 6.39. The largest absolute Gasteiger partial charge is 0.451 e. The van der Waals surface area contributed by atoms with Gasteiger partial charge in [-0.1, -0.05) is 29.3 Å². The molecule has 1 aromatic carbocycles. The Labute approximate surface area is 164 Å². The Bertz CT molecular complexity index is 892. The summed E-state index contributed by atoms with van der Waals surface area (Å²) in [5.74, 6) is -1.40. The van der Waals surface area contributed by atoms with E-state index < -0.39 is 22.9 Å². The first-order chi connectivity index (χ1) is 12.6. The molecule has 0 saturated heterocycles. The lowest BCUT2D eigenvalue weighted by Gasteiger charge is -2.15. The predicted molar refractivity (Wildman–Crippen MR) is 99.0 cm³/mol. The number of esters is 1. The number of ether oxygens (including phenoxy) is 1. The Morgan fingerprint density at radius 1 is 1.33 bits per heavy atom. The highest BCUT2D eigenvalue weighted by atomic mass is 35.5. The summed E-state index contributed by atoms with van der Waals surface area (Å²) in [5, 5.41) is 17.9. The molecule has 0 bridgehead atoms. The molecule has 0 aliphatic carbocycles. The fraction of sp³-hybridized carbons (Fsp3) is 0.312. The molecule has 0 radical (unpaired) electrons. The van der Waals surface area contributed by atoms with Crippen LogP contribution in [0.4, 0.5) is 11.4 Å². The number of hydrogen-bond acceptors (Lipinski definition) is 6. The lowest BCUT2D eigenvalue weighted by atomic mass is 10.3. The molecule has 0 aliphatic heterocycles. The van der Waals surface area contributed by atoms with E-state index in [1.807, 2.05) is 0 Å². The molecule has 1 heterocycles. The average molecular weight is 415 g/mol. The van der Waals surface area contributed by atoms with Crippen molar-refractivity contribution < 1.29 is 19.2 Å². The van der Waals surface area contributed by atoms with Crippen LogP contribution in [-0.2, 0) is 20.9 Å². The second-order valence-corrected chi connectivity index (χ2v) is 6.47. The number of carbonyl (C=O) groups excluding carboxylic acids is 2. The fourth-order valence-corrected chi connectivity index (χ4v) is 2.85. The van der Waals surface area contributed by atoms with Gasteiger partial charge in [-0.05, 0) is 32.9 Å². The summed E-state index contributed by atoms with van der Waals surface area (Å²) < 4.78 is 6.22. The summed E-state index contributed by atoms with van der Waals surface area (Å²) in [6, 6.07) is 4.72. The van der Waals surface area contributed by atoms with Crippen molar-refractivity contribution in [3.8, 4) is 0 Å². The van der Waals surface area contributed by atoms with E-state index in [2.05, 4.69) is 10.4 Å². The average Bonchev–Trinajstić information content (AvgIpc) is 2.84. The summed E-state index contributed by atoms with van der Waals surface area (Å²) in [6.45, 7) is 3.95. The number of benzene rings is 1. The molecule has 2 rings (SSSR count). The van der Waals surface area contributed by atoms with Crippen molar-refractivity contribution in [2.45, 2.75) is 33.4 Å². The zero-order chi connectivity index (χ0) is 20.3. The number of nitrogens with zero attached hydrogens (tertiary/aromatic N) is 3. The summed E-state index contributed by atoms with van der Waals surface area (Å²) in [5.41, 5.74) is 0.448. The van der Waals surface area contributed by atoms with Gasteiger partial charge in [-0.15, -0.1) is 0 Å². The van der Waals surface area contributed by atoms with E-state index in [1.54, 1.807) is 18.2 Å². The van der Waals surface area contributed by atoms with Gasteiger partial charge in [0.25, 0.3) is 5.91 Å². The Morgan fingerprint density at radius 2 is 1.93 bits per heavy atom. The van der Waals surface area contributed by atoms with Crippen LogP contribution in [0, 0.1) is 24.0 Å². The molecular formula is C16H16Cl2N4O5. The molecule has 9 nitrogen and oxygen atoms in total. The van der Waals surface area contributed by atoms with Gasteiger partial charge < -0.3 is 10.1 Å². The van der Waals surface area contributed by atoms with Crippen molar-refractivity contribution in [2.75, 3.05) is 5.32 Å². The zero-order valence-corrected chi connectivity index (χ0v) is 16.2. The Balaban J connectivity index is 2.02. The van der Waals surface area contributed by atoms with Gasteiger partial charge in [0.15, 0.2) is 6.10 Å². The molecule has 1 aromatic heterocycles. The number of amides is 1. The van der Waals surface area contributed by atoms with Gasteiger partial charge in [0.1, 0.15) is 17.9 Å². The van der Waals surface area contributed by atoms with Crippen LogP contribution < -0.4 is 5.32 Å². The maximum Gasteiger partial charge on any atom is 0.328 e. The zero-order valence-electron chi connectivity index (χ0n) is 14.7. The lowest BCUT2D eigenvalue weighted by molar-refractivity contribution is -0.386. The molecule has 2 aromatic rings. The second kappa shape index (κ2) is 8.36. The minimum Gasteiger partial charge on any atom is -0.451 e. The Kier molecular flexibility index (Phi) is 6.40. The van der Waals surface area contributed by atoms with Gasteiger partial charge in [0, 0.05) is 0 Å². The normalized spacial score (nSPS) is 11.7. The number of para-hydroxylation sites is 1. The first-order valence-corrected chi connectivity index (χ1v) is 8.50. The smallest absolute Gasteiger partial charge is 0.328 e. The van der Waals surface area contributed by atoms with E-state index in [1.165, 1.54) is 20.8 Å². The maximum atomic E-state index is 12.2. The summed E-state index contributed by atoms with van der Waals surface area (Å²) in [6.07, 6.45) is -1.14. The molecule has 1 N–H and O–H groups in total. The van der Waals surface area contributed by atoms with E-state index in [9.17, 15) is 19.7 Å². The van der Waals surface area contributed by atoms with Crippen molar-refractivity contribution in [3.63, 3.8) is 0 Å². The third-order valence-electron chi connectivity index (χ3n) is 3.69. The van der Waals surface area contributed by atoms with Crippen LogP contribution in [0.3, 0.4) is 0 Å². The number of nitro groups is 1. The van der Waals surface area contributed by atoms with Crippen LogP contribution in [0.25, 0.3) is 0 Å². The molecule has 0 spiro atoms. The molecule has 144 valence electrons.